The van der Waals surface area contributed by atoms with Gasteiger partial charge in [-0.25, -0.2) is 4.98 Å². The Morgan fingerprint density at radius 1 is 1.27 bits per heavy atom. The Bertz CT molecular complexity index is 660. The zero-order valence-electron chi connectivity index (χ0n) is 12.1. The fourth-order valence-corrected chi connectivity index (χ4v) is 3.50. The predicted molar refractivity (Wildman–Crippen MR) is 85.9 cm³/mol. The molecule has 0 saturated heterocycles. The van der Waals surface area contributed by atoms with Gasteiger partial charge in [0.05, 0.1) is 17.7 Å². The smallest absolute Gasteiger partial charge is 0.229 e. The van der Waals surface area contributed by atoms with E-state index in [4.69, 9.17) is 0 Å². The number of phenols is 1. The fraction of sp³-hybridized carbons (Fsp3) is 0.375. The lowest BCUT2D eigenvalue weighted by molar-refractivity contribution is -0.120. The van der Waals surface area contributed by atoms with Gasteiger partial charge < -0.3 is 15.5 Å². The molecule has 5 nitrogen and oxygen atoms in total. The van der Waals surface area contributed by atoms with Crippen molar-refractivity contribution in [3.63, 3.8) is 0 Å². The Hall–Kier alpha value is -1.92. The Morgan fingerprint density at radius 2 is 1.95 bits per heavy atom. The molecule has 1 heterocycles. The van der Waals surface area contributed by atoms with Gasteiger partial charge in [0.2, 0.25) is 5.91 Å². The maximum Gasteiger partial charge on any atom is 0.229 e. The van der Waals surface area contributed by atoms with Crippen molar-refractivity contribution in [3.05, 3.63) is 29.6 Å². The van der Waals surface area contributed by atoms with Crippen LogP contribution in [0.4, 0.5) is 5.13 Å². The van der Waals surface area contributed by atoms with Crippen LogP contribution >= 0.6 is 11.3 Å². The molecule has 3 N–H and O–H groups in total. The molecule has 1 fully saturated rings. The van der Waals surface area contributed by atoms with Gasteiger partial charge in [-0.3, -0.25) is 4.79 Å². The van der Waals surface area contributed by atoms with Crippen LogP contribution in [-0.2, 0) is 4.79 Å². The Kier molecular flexibility index (Phi) is 4.13. The Morgan fingerprint density at radius 3 is 2.64 bits per heavy atom. The topological polar surface area (TPSA) is 82.5 Å². The van der Waals surface area contributed by atoms with E-state index in [0.29, 0.717) is 18.0 Å². The minimum absolute atomic E-state index is 0.126. The number of aromatic nitrogens is 1. The van der Waals surface area contributed by atoms with Crippen molar-refractivity contribution in [2.45, 2.75) is 37.7 Å². The number of rotatable bonds is 4. The van der Waals surface area contributed by atoms with Crippen molar-refractivity contribution in [2.75, 3.05) is 5.32 Å². The second kappa shape index (κ2) is 6.06. The molecule has 0 unspecified atom stereocenters. The highest BCUT2D eigenvalue weighted by Gasteiger charge is 2.33. The van der Waals surface area contributed by atoms with Gasteiger partial charge in [0.15, 0.2) is 5.13 Å². The van der Waals surface area contributed by atoms with Gasteiger partial charge in [-0.15, -0.1) is 11.3 Å². The van der Waals surface area contributed by atoms with Gasteiger partial charge in [-0.2, -0.15) is 0 Å². The first kappa shape index (κ1) is 15.0. The molecule has 1 aromatic carbocycles. The van der Waals surface area contributed by atoms with Crippen molar-refractivity contribution in [3.8, 4) is 17.0 Å². The molecule has 1 aromatic heterocycles. The molecule has 0 bridgehead atoms. The lowest BCUT2D eigenvalue weighted by atomic mass is 9.98. The van der Waals surface area contributed by atoms with Crippen LogP contribution in [-0.4, -0.2) is 26.7 Å². The van der Waals surface area contributed by atoms with Gasteiger partial charge in [0.1, 0.15) is 5.75 Å². The van der Waals surface area contributed by atoms with E-state index in [2.05, 4.69) is 10.3 Å². The summed E-state index contributed by atoms with van der Waals surface area (Å²) in [6.07, 6.45) is 3.47. The summed E-state index contributed by atoms with van der Waals surface area (Å²) in [6, 6.07) is 6.75. The van der Waals surface area contributed by atoms with Gasteiger partial charge in [-0.05, 0) is 37.1 Å². The molecule has 0 atom stereocenters. The molecule has 0 aliphatic heterocycles. The van der Waals surface area contributed by atoms with E-state index < -0.39 is 5.60 Å². The number of nitrogens with one attached hydrogen (secondary N) is 1. The first-order valence-corrected chi connectivity index (χ1v) is 8.19. The number of phenolic OH excluding ortho intramolecular Hbond substituents is 1. The average Bonchev–Trinajstić information content (AvgIpc) is 3.09. The second-order valence-corrected chi connectivity index (χ2v) is 6.60. The summed E-state index contributed by atoms with van der Waals surface area (Å²) in [5.41, 5.74) is 0.782. The van der Waals surface area contributed by atoms with Crippen LogP contribution in [0, 0.1) is 0 Å². The van der Waals surface area contributed by atoms with Crippen molar-refractivity contribution in [1.29, 1.82) is 0 Å². The number of anilines is 1. The zero-order valence-corrected chi connectivity index (χ0v) is 12.9. The van der Waals surface area contributed by atoms with Crippen molar-refractivity contribution >= 4 is 22.4 Å². The average molecular weight is 318 g/mol. The zero-order chi connectivity index (χ0) is 15.6. The van der Waals surface area contributed by atoms with E-state index >= 15 is 0 Å². The van der Waals surface area contributed by atoms with Crippen LogP contribution in [0.5, 0.6) is 5.75 Å². The normalized spacial score (nSPS) is 16.6. The molecule has 3 rings (SSSR count). The molecule has 0 radical (unpaired) electrons. The molecule has 1 saturated carbocycles. The predicted octanol–water partition coefficient (Wildman–Crippen LogP) is 3.15. The Balaban J connectivity index is 1.64. The van der Waals surface area contributed by atoms with Crippen LogP contribution in [0.25, 0.3) is 11.3 Å². The molecule has 22 heavy (non-hydrogen) atoms. The molecule has 0 spiro atoms. The van der Waals surface area contributed by atoms with Gasteiger partial charge in [0, 0.05) is 10.9 Å². The van der Waals surface area contributed by atoms with Crippen molar-refractivity contribution < 1.29 is 15.0 Å². The summed E-state index contributed by atoms with van der Waals surface area (Å²) < 4.78 is 0. The standard InChI is InChI=1S/C16H18N2O3S/c19-12-5-3-11(4-6-12)13-10-22-15(17-13)18-14(20)9-16(21)7-1-2-8-16/h3-6,10,19,21H,1-2,7-9H2,(H,17,18,20). The molecule has 6 heteroatoms. The molecule has 116 valence electrons. The van der Waals surface area contributed by atoms with Gasteiger partial charge in [0.25, 0.3) is 0 Å². The summed E-state index contributed by atoms with van der Waals surface area (Å²) in [5, 5.41) is 24.7. The van der Waals surface area contributed by atoms with Crippen molar-refractivity contribution in [2.24, 2.45) is 0 Å². The van der Waals surface area contributed by atoms with Crippen LogP contribution < -0.4 is 5.32 Å². The summed E-state index contributed by atoms with van der Waals surface area (Å²) in [6.45, 7) is 0. The highest BCUT2D eigenvalue weighted by atomic mass is 32.1. The van der Waals surface area contributed by atoms with Gasteiger partial charge >= 0.3 is 0 Å². The number of carbonyl (C=O) groups excluding carboxylic acids is 1. The first-order chi connectivity index (χ1) is 10.5. The molecule has 2 aromatic rings. The highest BCUT2D eigenvalue weighted by molar-refractivity contribution is 7.14. The summed E-state index contributed by atoms with van der Waals surface area (Å²) in [7, 11) is 0. The number of hydrogen-bond acceptors (Lipinski definition) is 5. The number of nitrogens with zero attached hydrogens (tertiary/aromatic N) is 1. The van der Waals surface area contributed by atoms with Crippen LogP contribution in [0.3, 0.4) is 0 Å². The molecular weight excluding hydrogens is 300 g/mol. The molecular formula is C16H18N2O3S. The fourth-order valence-electron chi connectivity index (χ4n) is 2.77. The third kappa shape index (κ3) is 3.45. The number of carbonyl (C=O) groups is 1. The van der Waals surface area contributed by atoms with Crippen LogP contribution in [0.2, 0.25) is 0 Å². The van der Waals surface area contributed by atoms with Crippen LogP contribution in [0.15, 0.2) is 29.6 Å². The highest BCUT2D eigenvalue weighted by Crippen LogP contribution is 2.33. The van der Waals surface area contributed by atoms with E-state index in [1.165, 1.54) is 11.3 Å². The lowest BCUT2D eigenvalue weighted by Gasteiger charge is -2.20. The number of thiazole rings is 1. The van der Waals surface area contributed by atoms with E-state index in [1.54, 1.807) is 24.3 Å². The summed E-state index contributed by atoms with van der Waals surface area (Å²) in [4.78, 5) is 16.4. The maximum absolute atomic E-state index is 12.0. The minimum Gasteiger partial charge on any atom is -0.508 e. The number of aromatic hydroxyl groups is 1. The van der Waals surface area contributed by atoms with Crippen molar-refractivity contribution in [1.82, 2.24) is 4.98 Å². The van der Waals surface area contributed by atoms with Gasteiger partial charge in [-0.1, -0.05) is 12.8 Å². The molecule has 1 aliphatic rings. The molecule has 1 amide bonds. The third-order valence-corrected chi connectivity index (χ3v) is 4.70. The van der Waals surface area contributed by atoms with E-state index in [1.807, 2.05) is 5.38 Å². The number of hydrogen-bond donors (Lipinski definition) is 3. The SMILES string of the molecule is O=C(CC1(O)CCCC1)Nc1nc(-c2ccc(O)cc2)cs1. The largest absolute Gasteiger partial charge is 0.508 e. The summed E-state index contributed by atoms with van der Waals surface area (Å²) >= 11 is 1.35. The molecule has 1 aliphatic carbocycles. The number of aliphatic hydroxyl groups is 1. The van der Waals surface area contributed by atoms with E-state index in [9.17, 15) is 15.0 Å². The second-order valence-electron chi connectivity index (χ2n) is 5.74. The maximum atomic E-state index is 12.0. The Labute approximate surface area is 132 Å². The number of amides is 1. The van der Waals surface area contributed by atoms with E-state index in [0.717, 1.165) is 24.1 Å². The lowest BCUT2D eigenvalue weighted by Crippen LogP contribution is -2.30. The summed E-state index contributed by atoms with van der Waals surface area (Å²) in [5.74, 6) is 0.00770. The third-order valence-electron chi connectivity index (χ3n) is 3.94. The quantitative estimate of drug-likeness (QED) is 0.809. The minimum atomic E-state index is -0.846. The van der Waals surface area contributed by atoms with E-state index in [-0.39, 0.29) is 18.1 Å². The first-order valence-electron chi connectivity index (χ1n) is 7.31. The monoisotopic (exact) mass is 318 g/mol. The van der Waals surface area contributed by atoms with Crippen LogP contribution in [0.1, 0.15) is 32.1 Å². The number of benzene rings is 1.